The van der Waals surface area contributed by atoms with Crippen molar-refractivity contribution >= 4 is 6.21 Å². The third kappa shape index (κ3) is 9.63. The molecular weight excluding hydrogens is 136 g/mol. The van der Waals surface area contributed by atoms with Crippen LogP contribution < -0.4 is 5.32 Å². The van der Waals surface area contributed by atoms with Crippen molar-refractivity contribution in [1.82, 2.24) is 5.32 Å². The highest BCUT2D eigenvalue weighted by molar-refractivity contribution is 5.52. The van der Waals surface area contributed by atoms with E-state index < -0.39 is 0 Å². The lowest BCUT2D eigenvalue weighted by Gasteiger charge is -2.08. The van der Waals surface area contributed by atoms with Gasteiger partial charge in [-0.15, -0.1) is 0 Å². The number of unbranched alkanes of at least 4 members (excludes halogenated alkanes) is 1. The molecule has 0 unspecified atom stereocenters. The average molecular weight is 156 g/mol. The normalized spacial score (nSPS) is 16.5. The third-order valence-electron chi connectivity index (χ3n) is 1.64. The monoisotopic (exact) mass is 156 g/mol. The van der Waals surface area contributed by atoms with Crippen molar-refractivity contribution in [3.05, 3.63) is 0 Å². The van der Waals surface area contributed by atoms with E-state index in [0.717, 1.165) is 12.8 Å². The van der Waals surface area contributed by atoms with E-state index in [-0.39, 0.29) is 0 Å². The molecule has 0 aromatic carbocycles. The number of nitrogens with one attached hydrogen (secondary N) is 2. The summed E-state index contributed by atoms with van der Waals surface area (Å²) >= 11 is 0. The van der Waals surface area contributed by atoms with E-state index in [9.17, 15) is 0 Å². The highest BCUT2D eigenvalue weighted by atomic mass is 14.9. The number of hydrogen-bond acceptors (Lipinski definition) is 2. The van der Waals surface area contributed by atoms with E-state index in [1.807, 2.05) is 0 Å². The zero-order valence-electron chi connectivity index (χ0n) is 7.53. The van der Waals surface area contributed by atoms with Gasteiger partial charge in [0, 0.05) is 0 Å². The lowest BCUT2D eigenvalue weighted by Crippen LogP contribution is -2.21. The molecule has 1 heterocycles. The summed E-state index contributed by atoms with van der Waals surface area (Å²) in [6.45, 7) is 4.56. The average Bonchev–Trinajstić information content (AvgIpc) is 2.10. The van der Waals surface area contributed by atoms with Crippen molar-refractivity contribution in [3.8, 4) is 0 Å². The van der Waals surface area contributed by atoms with Crippen LogP contribution in [0.15, 0.2) is 0 Å². The summed E-state index contributed by atoms with van der Waals surface area (Å²) in [6.07, 6.45) is 7.68. The molecule has 1 aliphatic rings. The van der Waals surface area contributed by atoms with E-state index in [1.54, 1.807) is 0 Å². The van der Waals surface area contributed by atoms with Crippen molar-refractivity contribution in [2.45, 2.75) is 39.0 Å². The minimum Gasteiger partial charge on any atom is -0.317 e. The maximum Gasteiger partial charge on any atom is -0.00479 e. The van der Waals surface area contributed by atoms with Gasteiger partial charge < -0.3 is 10.7 Å². The molecule has 2 N–H and O–H groups in total. The summed E-state index contributed by atoms with van der Waals surface area (Å²) < 4.78 is 0. The van der Waals surface area contributed by atoms with Gasteiger partial charge in [-0.25, -0.2) is 0 Å². The molecule has 0 spiro atoms. The fourth-order valence-corrected chi connectivity index (χ4v) is 0.946. The van der Waals surface area contributed by atoms with Crippen molar-refractivity contribution in [1.29, 1.82) is 5.41 Å². The second-order valence-electron chi connectivity index (χ2n) is 2.80. The zero-order valence-corrected chi connectivity index (χ0v) is 7.53. The van der Waals surface area contributed by atoms with Crippen LogP contribution in [0.5, 0.6) is 0 Å². The lowest BCUT2D eigenvalue weighted by atomic mass is 10.2. The summed E-state index contributed by atoms with van der Waals surface area (Å²) in [4.78, 5) is 0. The molecule has 0 aliphatic carbocycles. The second-order valence-corrected chi connectivity index (χ2v) is 2.80. The molecule has 0 aromatic rings. The Balaban J connectivity index is 0.000000187. The van der Waals surface area contributed by atoms with Gasteiger partial charge >= 0.3 is 0 Å². The second kappa shape index (κ2) is 9.63. The van der Waals surface area contributed by atoms with Gasteiger partial charge in [-0.1, -0.05) is 19.8 Å². The van der Waals surface area contributed by atoms with Crippen LogP contribution in [0.1, 0.15) is 39.0 Å². The van der Waals surface area contributed by atoms with Crippen molar-refractivity contribution in [2.75, 3.05) is 13.1 Å². The molecule has 0 saturated carbocycles. The van der Waals surface area contributed by atoms with Crippen LogP contribution in [0, 0.1) is 5.41 Å². The Morgan fingerprint density at radius 1 is 1.27 bits per heavy atom. The smallest absolute Gasteiger partial charge is 0.00479 e. The van der Waals surface area contributed by atoms with Crippen molar-refractivity contribution in [2.24, 2.45) is 0 Å². The van der Waals surface area contributed by atoms with E-state index in [0.29, 0.717) is 0 Å². The number of piperidine rings is 1. The predicted molar refractivity (Wildman–Crippen MR) is 50.4 cm³/mol. The van der Waals surface area contributed by atoms with Crippen LogP contribution in [0.2, 0.25) is 0 Å². The van der Waals surface area contributed by atoms with Crippen molar-refractivity contribution < 1.29 is 0 Å². The molecule has 2 nitrogen and oxygen atoms in total. The van der Waals surface area contributed by atoms with E-state index in [2.05, 4.69) is 12.2 Å². The SMILES string of the molecule is C1CCNCC1.CCCC=N. The number of rotatable bonds is 2. The Morgan fingerprint density at radius 3 is 2.00 bits per heavy atom. The molecule has 0 amide bonds. The maximum atomic E-state index is 6.48. The molecule has 1 fully saturated rings. The summed E-state index contributed by atoms with van der Waals surface area (Å²) in [5.41, 5.74) is 0. The highest BCUT2D eigenvalue weighted by Gasteiger charge is 1.93. The Bertz CT molecular complexity index is 66.1. The van der Waals surface area contributed by atoms with E-state index in [1.165, 1.54) is 38.6 Å². The summed E-state index contributed by atoms with van der Waals surface area (Å²) in [5.74, 6) is 0. The first-order chi connectivity index (χ1) is 5.41. The molecule has 0 bridgehead atoms. The van der Waals surface area contributed by atoms with E-state index >= 15 is 0 Å². The van der Waals surface area contributed by atoms with Gasteiger partial charge in [-0.05, 0) is 38.6 Å². The largest absolute Gasteiger partial charge is 0.317 e. The Hall–Kier alpha value is -0.370. The zero-order chi connectivity index (χ0) is 8.36. The molecular formula is C9H20N2. The predicted octanol–water partition coefficient (Wildman–Crippen LogP) is 2.20. The summed E-state index contributed by atoms with van der Waals surface area (Å²) in [7, 11) is 0. The van der Waals surface area contributed by atoms with E-state index in [4.69, 9.17) is 5.41 Å². The molecule has 0 radical (unpaired) electrons. The molecule has 1 aliphatic heterocycles. The molecule has 0 aromatic heterocycles. The molecule has 0 atom stereocenters. The van der Waals surface area contributed by atoms with Crippen LogP contribution in [0.4, 0.5) is 0 Å². The van der Waals surface area contributed by atoms with Gasteiger partial charge in [0.25, 0.3) is 0 Å². The quantitative estimate of drug-likeness (QED) is 0.591. The molecule has 11 heavy (non-hydrogen) atoms. The van der Waals surface area contributed by atoms with Gasteiger partial charge in [0.05, 0.1) is 0 Å². The van der Waals surface area contributed by atoms with Gasteiger partial charge in [0.2, 0.25) is 0 Å². The fourth-order valence-electron chi connectivity index (χ4n) is 0.946. The molecule has 66 valence electrons. The van der Waals surface area contributed by atoms with Crippen LogP contribution in [-0.4, -0.2) is 19.3 Å². The van der Waals surface area contributed by atoms with Crippen LogP contribution in [0.3, 0.4) is 0 Å². The minimum atomic E-state index is 0.931. The fraction of sp³-hybridized carbons (Fsp3) is 0.889. The maximum absolute atomic E-state index is 6.48. The van der Waals surface area contributed by atoms with Crippen LogP contribution in [0.25, 0.3) is 0 Å². The first-order valence-corrected chi connectivity index (χ1v) is 4.61. The summed E-state index contributed by atoms with van der Waals surface area (Å²) in [5, 5.41) is 9.76. The topological polar surface area (TPSA) is 35.9 Å². The van der Waals surface area contributed by atoms with Crippen LogP contribution >= 0.6 is 0 Å². The molecule has 2 heteroatoms. The molecule has 1 saturated heterocycles. The Morgan fingerprint density at radius 2 is 1.91 bits per heavy atom. The van der Waals surface area contributed by atoms with Gasteiger partial charge in [-0.2, -0.15) is 0 Å². The third-order valence-corrected chi connectivity index (χ3v) is 1.64. The minimum absolute atomic E-state index is 0.931. The van der Waals surface area contributed by atoms with Crippen LogP contribution in [-0.2, 0) is 0 Å². The van der Waals surface area contributed by atoms with Gasteiger partial charge in [0.15, 0.2) is 0 Å². The van der Waals surface area contributed by atoms with Crippen molar-refractivity contribution in [3.63, 3.8) is 0 Å². The highest BCUT2D eigenvalue weighted by Crippen LogP contribution is 1.96. The van der Waals surface area contributed by atoms with Gasteiger partial charge in [0.1, 0.15) is 0 Å². The summed E-state index contributed by atoms with van der Waals surface area (Å²) in [6, 6.07) is 0. The first-order valence-electron chi connectivity index (χ1n) is 4.61. The number of hydrogen-bond donors (Lipinski definition) is 2. The first kappa shape index (κ1) is 10.6. The molecule has 1 rings (SSSR count). The standard InChI is InChI=1S/C5H11N.C4H9N/c1-2-4-6-5-3-1;1-2-3-4-5/h6H,1-5H2;4-5H,2-3H2,1H3. The Kier molecular flexibility index (Phi) is 9.31. The van der Waals surface area contributed by atoms with Gasteiger partial charge in [-0.3, -0.25) is 0 Å². The Labute approximate surface area is 69.9 Å². The lowest BCUT2D eigenvalue weighted by molar-refractivity contribution is 0.520.